The fraction of sp³-hybridized carbons (Fsp3) is 0.857. The van der Waals surface area contributed by atoms with Gasteiger partial charge in [0.15, 0.2) is 0 Å². The van der Waals surface area contributed by atoms with Gasteiger partial charge in [-0.2, -0.15) is 0 Å². The molecule has 0 aliphatic rings. The molecule has 0 aliphatic heterocycles. The van der Waals surface area contributed by atoms with E-state index >= 15 is 0 Å². The van der Waals surface area contributed by atoms with Gasteiger partial charge in [0, 0.05) is 20.1 Å². The van der Waals surface area contributed by atoms with Crippen LogP contribution in [-0.4, -0.2) is 24.7 Å². The summed E-state index contributed by atoms with van der Waals surface area (Å²) in [5.41, 5.74) is 0. The molecule has 0 unspecified atom stereocenters. The molecule has 0 aliphatic carbocycles. The third kappa shape index (κ3) is 5.56. The molecule has 1 amide bonds. The van der Waals surface area contributed by atoms with Gasteiger partial charge in [-0.05, 0) is 12.8 Å². The summed E-state index contributed by atoms with van der Waals surface area (Å²) in [4.78, 5) is 10.6. The molecule has 0 spiro atoms. The fourth-order valence-electron chi connectivity index (χ4n) is 0.699. The lowest BCUT2D eigenvalue weighted by Crippen LogP contribution is -2.16. The lowest BCUT2D eigenvalue weighted by Gasteiger charge is -1.97. The Balaban J connectivity index is 2.96. The van der Waals surface area contributed by atoms with Crippen molar-refractivity contribution in [1.82, 2.24) is 5.32 Å². The van der Waals surface area contributed by atoms with Gasteiger partial charge in [0.25, 0.3) is 0 Å². The van der Waals surface area contributed by atoms with Gasteiger partial charge >= 0.3 is 0 Å². The first-order valence-corrected chi connectivity index (χ1v) is 3.62. The van der Waals surface area contributed by atoms with Crippen LogP contribution in [0.1, 0.15) is 25.7 Å². The standard InChI is InChI=1S/C7H15NO2/c1-8-7(10)5-3-2-4-6-9/h9H,2-6H2,1H3,(H,8,10). The third-order valence-electron chi connectivity index (χ3n) is 1.34. The van der Waals surface area contributed by atoms with Crippen molar-refractivity contribution < 1.29 is 9.90 Å². The zero-order chi connectivity index (χ0) is 7.82. The molecule has 0 aromatic heterocycles. The van der Waals surface area contributed by atoms with E-state index in [0.29, 0.717) is 6.42 Å². The van der Waals surface area contributed by atoms with E-state index in [1.54, 1.807) is 7.05 Å². The van der Waals surface area contributed by atoms with Crippen molar-refractivity contribution in [2.45, 2.75) is 25.7 Å². The minimum Gasteiger partial charge on any atom is -0.396 e. The maximum atomic E-state index is 10.6. The average Bonchev–Trinajstić information content (AvgIpc) is 1.98. The molecule has 0 aromatic carbocycles. The monoisotopic (exact) mass is 145 g/mol. The zero-order valence-corrected chi connectivity index (χ0v) is 6.39. The van der Waals surface area contributed by atoms with E-state index in [-0.39, 0.29) is 12.5 Å². The molecule has 0 aromatic rings. The second-order valence-corrected chi connectivity index (χ2v) is 2.21. The molecule has 2 N–H and O–H groups in total. The summed E-state index contributed by atoms with van der Waals surface area (Å²) in [5, 5.41) is 10.9. The predicted octanol–water partition coefficient (Wildman–Crippen LogP) is 0.285. The number of carbonyl (C=O) groups excluding carboxylic acids is 1. The van der Waals surface area contributed by atoms with Gasteiger partial charge in [-0.25, -0.2) is 0 Å². The maximum absolute atomic E-state index is 10.6. The highest BCUT2D eigenvalue weighted by Gasteiger charge is 1.95. The molecule has 0 rings (SSSR count). The Morgan fingerprint density at radius 2 is 2.10 bits per heavy atom. The molecule has 0 saturated carbocycles. The normalized spacial score (nSPS) is 9.40. The van der Waals surface area contributed by atoms with Crippen LogP contribution in [0.25, 0.3) is 0 Å². The number of hydrogen-bond acceptors (Lipinski definition) is 2. The van der Waals surface area contributed by atoms with Crippen LogP contribution in [0, 0.1) is 0 Å². The van der Waals surface area contributed by atoms with Crippen LogP contribution >= 0.6 is 0 Å². The van der Waals surface area contributed by atoms with E-state index in [0.717, 1.165) is 19.3 Å². The number of carbonyl (C=O) groups is 1. The van der Waals surface area contributed by atoms with Crippen LogP contribution in [0.15, 0.2) is 0 Å². The molecule has 0 radical (unpaired) electrons. The van der Waals surface area contributed by atoms with Crippen LogP contribution in [0.3, 0.4) is 0 Å². The van der Waals surface area contributed by atoms with Gasteiger partial charge in [0.2, 0.25) is 5.91 Å². The van der Waals surface area contributed by atoms with Gasteiger partial charge < -0.3 is 10.4 Å². The van der Waals surface area contributed by atoms with E-state index < -0.39 is 0 Å². The van der Waals surface area contributed by atoms with Crippen molar-refractivity contribution in [2.75, 3.05) is 13.7 Å². The summed E-state index contributed by atoms with van der Waals surface area (Å²) in [6.45, 7) is 0.230. The molecule has 0 atom stereocenters. The lowest BCUT2D eigenvalue weighted by molar-refractivity contribution is -0.120. The first-order chi connectivity index (χ1) is 4.81. The van der Waals surface area contributed by atoms with Crippen LogP contribution in [0.4, 0.5) is 0 Å². The molecular weight excluding hydrogens is 130 g/mol. The van der Waals surface area contributed by atoms with Crippen molar-refractivity contribution in [3.8, 4) is 0 Å². The number of hydrogen-bond donors (Lipinski definition) is 2. The zero-order valence-electron chi connectivity index (χ0n) is 6.39. The molecule has 0 heterocycles. The quantitative estimate of drug-likeness (QED) is 0.546. The van der Waals surface area contributed by atoms with E-state index in [1.165, 1.54) is 0 Å². The van der Waals surface area contributed by atoms with Crippen LogP contribution in [-0.2, 0) is 4.79 Å². The van der Waals surface area contributed by atoms with Crippen LogP contribution < -0.4 is 5.32 Å². The molecule has 60 valence electrons. The van der Waals surface area contributed by atoms with E-state index in [4.69, 9.17) is 5.11 Å². The Labute approximate surface area is 61.4 Å². The number of nitrogens with one attached hydrogen (secondary N) is 1. The molecule has 0 saturated heterocycles. The van der Waals surface area contributed by atoms with Crippen molar-refractivity contribution >= 4 is 5.91 Å². The van der Waals surface area contributed by atoms with Gasteiger partial charge in [-0.1, -0.05) is 6.42 Å². The second-order valence-electron chi connectivity index (χ2n) is 2.21. The fourth-order valence-corrected chi connectivity index (χ4v) is 0.699. The van der Waals surface area contributed by atoms with Gasteiger partial charge in [0.1, 0.15) is 0 Å². The van der Waals surface area contributed by atoms with E-state index in [1.807, 2.05) is 0 Å². The molecule has 3 heteroatoms. The summed E-state index contributed by atoms with van der Waals surface area (Å²) in [7, 11) is 1.63. The van der Waals surface area contributed by atoms with E-state index in [2.05, 4.69) is 5.32 Å². The Morgan fingerprint density at radius 3 is 2.60 bits per heavy atom. The minimum atomic E-state index is 0.0814. The smallest absolute Gasteiger partial charge is 0.219 e. The van der Waals surface area contributed by atoms with Crippen molar-refractivity contribution in [1.29, 1.82) is 0 Å². The highest BCUT2D eigenvalue weighted by atomic mass is 16.2. The molecule has 0 fully saturated rings. The summed E-state index contributed by atoms with van der Waals surface area (Å²) in [6, 6.07) is 0. The number of aliphatic hydroxyl groups is 1. The Bertz CT molecular complexity index is 93.6. The lowest BCUT2D eigenvalue weighted by atomic mass is 10.2. The highest BCUT2D eigenvalue weighted by Crippen LogP contribution is 1.97. The predicted molar refractivity (Wildman–Crippen MR) is 39.6 cm³/mol. The molecule has 0 bridgehead atoms. The average molecular weight is 145 g/mol. The Morgan fingerprint density at radius 1 is 1.40 bits per heavy atom. The first-order valence-electron chi connectivity index (χ1n) is 3.62. The van der Waals surface area contributed by atoms with Crippen molar-refractivity contribution in [3.63, 3.8) is 0 Å². The summed E-state index contributed by atoms with van der Waals surface area (Å²) in [6.07, 6.45) is 3.19. The summed E-state index contributed by atoms with van der Waals surface area (Å²) >= 11 is 0. The van der Waals surface area contributed by atoms with Crippen LogP contribution in [0.2, 0.25) is 0 Å². The SMILES string of the molecule is CNC(=O)CCCCCO. The van der Waals surface area contributed by atoms with E-state index in [9.17, 15) is 4.79 Å². The molecule has 3 nitrogen and oxygen atoms in total. The molecular formula is C7H15NO2. The number of rotatable bonds is 5. The Kier molecular flexibility index (Phi) is 6.18. The number of aliphatic hydroxyl groups excluding tert-OH is 1. The van der Waals surface area contributed by atoms with Crippen LogP contribution in [0.5, 0.6) is 0 Å². The largest absolute Gasteiger partial charge is 0.396 e. The second kappa shape index (κ2) is 6.55. The van der Waals surface area contributed by atoms with Gasteiger partial charge in [0.05, 0.1) is 0 Å². The first kappa shape index (κ1) is 9.43. The minimum absolute atomic E-state index is 0.0814. The highest BCUT2D eigenvalue weighted by molar-refractivity contribution is 5.75. The van der Waals surface area contributed by atoms with Crippen molar-refractivity contribution in [3.05, 3.63) is 0 Å². The third-order valence-corrected chi connectivity index (χ3v) is 1.34. The maximum Gasteiger partial charge on any atom is 0.219 e. The van der Waals surface area contributed by atoms with Gasteiger partial charge in [-0.15, -0.1) is 0 Å². The summed E-state index contributed by atoms with van der Waals surface area (Å²) in [5.74, 6) is 0.0814. The molecule has 10 heavy (non-hydrogen) atoms. The summed E-state index contributed by atoms with van der Waals surface area (Å²) < 4.78 is 0. The Hall–Kier alpha value is -0.570. The topological polar surface area (TPSA) is 49.3 Å². The van der Waals surface area contributed by atoms with Crippen molar-refractivity contribution in [2.24, 2.45) is 0 Å². The number of unbranched alkanes of at least 4 members (excludes halogenated alkanes) is 2. The number of amides is 1. The van der Waals surface area contributed by atoms with Gasteiger partial charge in [-0.3, -0.25) is 4.79 Å².